The molecule has 0 radical (unpaired) electrons. The first kappa shape index (κ1) is 38.2. The van der Waals surface area contributed by atoms with Crippen LogP contribution in [-0.2, 0) is 0 Å². The molecule has 286 valence electrons. The van der Waals surface area contributed by atoms with Crippen molar-refractivity contribution in [3.63, 3.8) is 0 Å². The highest BCUT2D eigenvalue weighted by Gasteiger charge is 2.30. The summed E-state index contributed by atoms with van der Waals surface area (Å²) < 4.78 is 37.6. The lowest BCUT2D eigenvalue weighted by molar-refractivity contribution is 0.0723. The SMILES string of the molecule is Cc1ccccc1OPOc1c(C(=O)Oc2ccccc2)cc2ccccc2c1-c1c(OPOc2ccccc2C)c(C(=O)Oc2ccccc2)cc2ccccc12. The fourth-order valence-corrected chi connectivity index (χ4v) is 7.84. The molecule has 0 spiro atoms. The fraction of sp³-hybridized carbons (Fsp3) is 0.0417. The normalized spacial score (nSPS) is 11.3. The number of fused-ring (bicyclic) bond motifs is 2. The summed E-state index contributed by atoms with van der Waals surface area (Å²) in [4.78, 5) is 28.7. The van der Waals surface area contributed by atoms with E-state index in [0.29, 0.717) is 34.1 Å². The maximum Gasteiger partial charge on any atom is 0.347 e. The number of aryl methyl sites for hydroxylation is 2. The van der Waals surface area contributed by atoms with Gasteiger partial charge in [-0.15, -0.1) is 0 Å². The van der Waals surface area contributed by atoms with Gasteiger partial charge in [0.05, 0.1) is 0 Å². The second-order valence-electron chi connectivity index (χ2n) is 13.2. The molecule has 0 saturated carbocycles. The van der Waals surface area contributed by atoms with E-state index in [9.17, 15) is 9.59 Å². The first-order valence-corrected chi connectivity index (χ1v) is 20.0. The summed E-state index contributed by atoms with van der Waals surface area (Å²) in [5.74, 6) is 1.05. The summed E-state index contributed by atoms with van der Waals surface area (Å²) in [6.45, 7) is 3.89. The lowest BCUT2D eigenvalue weighted by Gasteiger charge is -2.23. The standard InChI is InChI=1S/C48H36O8P2/c1-31-17-9-15-27-41(31)53-57-55-45-39(47(49)51-35-21-5-3-6-22-35)29-33-19-11-13-25-37(33)43(45)44-38-26-14-12-20-34(38)30-40(48(50)52-36-23-7-4-8-24-36)46(44)56-58-54-42-28-16-10-18-32(42)2/h3-30,57-58H,1-2H3. The monoisotopic (exact) mass is 802 g/mol. The molecule has 0 heterocycles. The summed E-state index contributed by atoms with van der Waals surface area (Å²) >= 11 is 0. The number of rotatable bonds is 13. The van der Waals surface area contributed by atoms with Crippen molar-refractivity contribution in [2.75, 3.05) is 0 Å². The Morgan fingerprint density at radius 1 is 0.414 bits per heavy atom. The van der Waals surface area contributed by atoms with Crippen molar-refractivity contribution in [2.45, 2.75) is 13.8 Å². The minimum atomic E-state index is -0.648. The molecule has 10 heteroatoms. The van der Waals surface area contributed by atoms with Gasteiger partial charge < -0.3 is 27.6 Å². The average molecular weight is 803 g/mol. The summed E-state index contributed by atoms with van der Waals surface area (Å²) in [6, 6.07) is 51.7. The van der Waals surface area contributed by atoms with E-state index in [4.69, 9.17) is 27.6 Å². The molecule has 0 N–H and O–H groups in total. The number of esters is 2. The predicted octanol–water partition coefficient (Wildman–Crippen LogP) is 12.6. The molecule has 8 nitrogen and oxygen atoms in total. The zero-order valence-electron chi connectivity index (χ0n) is 31.4. The van der Waals surface area contributed by atoms with E-state index in [1.54, 1.807) is 60.7 Å². The van der Waals surface area contributed by atoms with Crippen LogP contribution in [0, 0.1) is 13.8 Å². The molecule has 58 heavy (non-hydrogen) atoms. The number of carbonyl (C=O) groups is 2. The number of hydrogen-bond acceptors (Lipinski definition) is 8. The minimum Gasteiger partial charge on any atom is -0.440 e. The van der Waals surface area contributed by atoms with Gasteiger partial charge >= 0.3 is 11.9 Å². The largest absolute Gasteiger partial charge is 0.440 e. The van der Waals surface area contributed by atoms with Gasteiger partial charge in [-0.05, 0) is 95.1 Å². The van der Waals surface area contributed by atoms with E-state index in [-0.39, 0.29) is 22.6 Å². The van der Waals surface area contributed by atoms with Crippen LogP contribution in [0.1, 0.15) is 31.8 Å². The zero-order valence-corrected chi connectivity index (χ0v) is 33.4. The minimum absolute atomic E-state index is 0.143. The molecule has 0 bridgehead atoms. The Morgan fingerprint density at radius 3 is 1.19 bits per heavy atom. The van der Waals surface area contributed by atoms with Gasteiger partial charge in [0.25, 0.3) is 18.1 Å². The Hall–Kier alpha value is -6.72. The van der Waals surface area contributed by atoms with Gasteiger partial charge in [0.1, 0.15) is 45.6 Å². The summed E-state index contributed by atoms with van der Waals surface area (Å²) in [6.07, 6.45) is 0. The van der Waals surface area contributed by atoms with Gasteiger partial charge in [-0.2, -0.15) is 0 Å². The second-order valence-corrected chi connectivity index (χ2v) is 14.4. The van der Waals surface area contributed by atoms with Gasteiger partial charge in [-0.25, -0.2) is 9.59 Å². The van der Waals surface area contributed by atoms with Crippen LogP contribution in [0.15, 0.2) is 170 Å². The van der Waals surface area contributed by atoms with Crippen LogP contribution in [-0.4, -0.2) is 11.9 Å². The highest BCUT2D eigenvalue weighted by atomic mass is 31.1. The Bertz CT molecular complexity index is 2570. The predicted molar refractivity (Wildman–Crippen MR) is 231 cm³/mol. The van der Waals surface area contributed by atoms with Crippen molar-refractivity contribution in [3.8, 4) is 45.6 Å². The summed E-state index contributed by atoms with van der Waals surface area (Å²) in [7, 11) is -1.16. The average Bonchev–Trinajstić information content (AvgIpc) is 3.25. The fourth-order valence-electron chi connectivity index (χ4n) is 6.53. The molecular weight excluding hydrogens is 766 g/mol. The summed E-state index contributed by atoms with van der Waals surface area (Å²) in [5.41, 5.74) is 3.10. The lowest BCUT2D eigenvalue weighted by atomic mass is 9.88. The van der Waals surface area contributed by atoms with E-state index in [2.05, 4.69) is 0 Å². The van der Waals surface area contributed by atoms with Gasteiger partial charge in [-0.1, -0.05) is 121 Å². The topological polar surface area (TPSA) is 89.5 Å². The van der Waals surface area contributed by atoms with E-state index in [1.165, 1.54) is 0 Å². The van der Waals surface area contributed by atoms with Crippen molar-refractivity contribution in [3.05, 3.63) is 192 Å². The molecule has 0 fully saturated rings. The molecule has 0 aliphatic rings. The van der Waals surface area contributed by atoms with Crippen LogP contribution in [0.2, 0.25) is 0 Å². The molecule has 0 aliphatic heterocycles. The Labute approximate surface area is 339 Å². The molecule has 0 aromatic heterocycles. The van der Waals surface area contributed by atoms with Gasteiger partial charge in [0.15, 0.2) is 0 Å². The highest BCUT2D eigenvalue weighted by Crippen LogP contribution is 2.51. The van der Waals surface area contributed by atoms with Crippen LogP contribution < -0.4 is 27.6 Å². The van der Waals surface area contributed by atoms with Crippen LogP contribution in [0.3, 0.4) is 0 Å². The van der Waals surface area contributed by atoms with E-state index < -0.39 is 30.0 Å². The maximum atomic E-state index is 14.4. The maximum absolute atomic E-state index is 14.4. The molecule has 8 rings (SSSR count). The Balaban J connectivity index is 1.37. The van der Waals surface area contributed by atoms with Crippen LogP contribution in [0.5, 0.6) is 34.5 Å². The number of benzene rings is 8. The quantitative estimate of drug-likeness (QED) is 0.0647. The molecule has 2 atom stereocenters. The van der Waals surface area contributed by atoms with Crippen molar-refractivity contribution in [2.24, 2.45) is 0 Å². The van der Waals surface area contributed by atoms with Gasteiger partial charge in [0, 0.05) is 11.1 Å². The van der Waals surface area contributed by atoms with Crippen molar-refractivity contribution in [1.29, 1.82) is 0 Å². The third-order valence-electron chi connectivity index (χ3n) is 9.38. The first-order valence-electron chi connectivity index (χ1n) is 18.4. The third kappa shape index (κ3) is 8.35. The first-order chi connectivity index (χ1) is 28.4. The van der Waals surface area contributed by atoms with Crippen LogP contribution >= 0.6 is 18.1 Å². The molecular formula is C48H36O8P2. The van der Waals surface area contributed by atoms with E-state index in [0.717, 1.165) is 32.7 Å². The third-order valence-corrected chi connectivity index (χ3v) is 10.6. The molecule has 8 aromatic carbocycles. The molecule has 8 aromatic rings. The molecule has 0 saturated heterocycles. The summed E-state index contributed by atoms with van der Waals surface area (Å²) in [5, 5.41) is 2.89. The van der Waals surface area contributed by atoms with E-state index >= 15 is 0 Å². The van der Waals surface area contributed by atoms with E-state index in [1.807, 2.05) is 123 Å². The second kappa shape index (κ2) is 17.6. The zero-order chi connectivity index (χ0) is 39.8. The number of ether oxygens (including phenoxy) is 2. The van der Waals surface area contributed by atoms with Gasteiger partial charge in [-0.3, -0.25) is 0 Å². The van der Waals surface area contributed by atoms with Gasteiger partial charge in [0.2, 0.25) is 0 Å². The van der Waals surface area contributed by atoms with Crippen LogP contribution in [0.4, 0.5) is 0 Å². The Morgan fingerprint density at radius 2 is 0.776 bits per heavy atom. The van der Waals surface area contributed by atoms with Crippen molar-refractivity contribution in [1.82, 2.24) is 0 Å². The van der Waals surface area contributed by atoms with Crippen molar-refractivity contribution < 1.29 is 37.2 Å². The number of hydrogen-bond donors (Lipinski definition) is 0. The highest BCUT2D eigenvalue weighted by molar-refractivity contribution is 7.27. The van der Waals surface area contributed by atoms with Crippen LogP contribution in [0.25, 0.3) is 32.7 Å². The number of carbonyl (C=O) groups excluding carboxylic acids is 2. The molecule has 0 aliphatic carbocycles. The molecule has 2 unspecified atom stereocenters. The van der Waals surface area contributed by atoms with Crippen molar-refractivity contribution >= 4 is 51.6 Å². The molecule has 0 amide bonds. The smallest absolute Gasteiger partial charge is 0.347 e. The Kier molecular flexibility index (Phi) is 11.6. The number of para-hydroxylation sites is 4. The lowest BCUT2D eigenvalue weighted by Crippen LogP contribution is -2.12.